The number of hydrogen-bond acceptors (Lipinski definition) is 3. The van der Waals surface area contributed by atoms with Crippen LogP contribution in [0.15, 0.2) is 78.9 Å². The lowest BCUT2D eigenvalue weighted by Crippen LogP contribution is -2.53. The molecule has 0 bridgehead atoms. The Labute approximate surface area is 253 Å². The topological polar surface area (TPSA) is 52.7 Å². The van der Waals surface area contributed by atoms with Gasteiger partial charge >= 0.3 is 0 Å². The molecular formula is C34H39Cl2N3O2. The van der Waals surface area contributed by atoms with E-state index in [1.165, 1.54) is 5.56 Å². The number of nitrogens with one attached hydrogen (secondary N) is 1. The van der Waals surface area contributed by atoms with Gasteiger partial charge in [0.05, 0.1) is 15.6 Å². The first-order valence-corrected chi connectivity index (χ1v) is 15.4. The lowest BCUT2D eigenvalue weighted by molar-refractivity contribution is -0.121. The molecule has 0 unspecified atom stereocenters. The van der Waals surface area contributed by atoms with E-state index in [0.717, 1.165) is 75.8 Å². The molecule has 2 saturated heterocycles. The van der Waals surface area contributed by atoms with E-state index < -0.39 is 0 Å². The third kappa shape index (κ3) is 6.80. The standard InChI is InChI=1S/C34H39Cl2N3O2/c1-26(40)37-34(28-12-6-3-7-13-28)18-22-38(23-19-34)20-8-16-33(29-14-15-30(35)31(36)24-29)17-9-21-39(25-33)32(41)27-10-4-2-5-11-27/h2-7,10-15,24H,8-9,16-23,25H2,1H3,(H,37,40)/t33-/m0/s1. The van der Waals surface area contributed by atoms with E-state index in [9.17, 15) is 9.59 Å². The molecule has 0 aliphatic carbocycles. The van der Waals surface area contributed by atoms with Crippen LogP contribution in [0.5, 0.6) is 0 Å². The average Bonchev–Trinajstić information content (AvgIpc) is 3.00. The first-order valence-electron chi connectivity index (χ1n) is 14.7. The van der Waals surface area contributed by atoms with Crippen molar-refractivity contribution in [2.24, 2.45) is 0 Å². The Kier molecular flexibility index (Phi) is 9.38. The summed E-state index contributed by atoms with van der Waals surface area (Å²) < 4.78 is 0. The average molecular weight is 593 g/mol. The van der Waals surface area contributed by atoms with Gasteiger partial charge in [0.1, 0.15) is 0 Å². The SMILES string of the molecule is CC(=O)NC1(c2ccccc2)CCN(CCC[C@]2(c3ccc(Cl)c(Cl)c3)CCCN(C(=O)c3ccccc3)C2)CC1. The zero-order valence-electron chi connectivity index (χ0n) is 23.8. The fraction of sp³-hybridized carbons (Fsp3) is 0.412. The van der Waals surface area contributed by atoms with Gasteiger partial charge in [-0.05, 0) is 80.5 Å². The van der Waals surface area contributed by atoms with Crippen LogP contribution < -0.4 is 5.32 Å². The summed E-state index contributed by atoms with van der Waals surface area (Å²) in [4.78, 5) is 30.1. The Morgan fingerprint density at radius 1 is 0.829 bits per heavy atom. The van der Waals surface area contributed by atoms with Gasteiger partial charge in [0.15, 0.2) is 0 Å². The van der Waals surface area contributed by atoms with Gasteiger partial charge in [0, 0.05) is 44.1 Å². The van der Waals surface area contributed by atoms with Gasteiger partial charge < -0.3 is 15.1 Å². The largest absolute Gasteiger partial charge is 0.347 e. The molecule has 2 aliphatic rings. The minimum Gasteiger partial charge on any atom is -0.347 e. The molecule has 2 heterocycles. The summed E-state index contributed by atoms with van der Waals surface area (Å²) in [6.45, 7) is 5.85. The number of likely N-dealkylation sites (tertiary alicyclic amines) is 2. The fourth-order valence-electron chi connectivity index (χ4n) is 6.86. The molecule has 0 spiro atoms. The Bertz CT molecular complexity index is 1340. The normalized spacial score (nSPS) is 20.9. The summed E-state index contributed by atoms with van der Waals surface area (Å²) >= 11 is 12.8. The number of rotatable bonds is 8. The van der Waals surface area contributed by atoms with Gasteiger partial charge in [-0.1, -0.05) is 77.8 Å². The molecule has 5 nitrogen and oxygen atoms in total. The number of carbonyl (C=O) groups excluding carboxylic acids is 2. The number of benzene rings is 3. The predicted octanol–water partition coefficient (Wildman–Crippen LogP) is 7.08. The van der Waals surface area contributed by atoms with Crippen LogP contribution in [0.2, 0.25) is 10.0 Å². The maximum atomic E-state index is 13.5. The second kappa shape index (κ2) is 13.0. The summed E-state index contributed by atoms with van der Waals surface area (Å²) in [7, 11) is 0. The summed E-state index contributed by atoms with van der Waals surface area (Å²) in [5.41, 5.74) is 2.57. The number of nitrogens with zero attached hydrogens (tertiary/aromatic N) is 2. The third-order valence-electron chi connectivity index (χ3n) is 9.00. The smallest absolute Gasteiger partial charge is 0.253 e. The summed E-state index contributed by atoms with van der Waals surface area (Å²) in [5.74, 6) is 0.0961. The maximum Gasteiger partial charge on any atom is 0.253 e. The molecule has 2 aliphatic heterocycles. The minimum absolute atomic E-state index is 0.0118. The highest BCUT2D eigenvalue weighted by Crippen LogP contribution is 2.41. The van der Waals surface area contributed by atoms with Crippen molar-refractivity contribution < 1.29 is 9.59 Å². The van der Waals surface area contributed by atoms with E-state index in [4.69, 9.17) is 23.2 Å². The second-order valence-corrected chi connectivity index (χ2v) is 12.5. The molecule has 7 heteroatoms. The Morgan fingerprint density at radius 3 is 2.17 bits per heavy atom. The van der Waals surface area contributed by atoms with Gasteiger partial charge in [-0.25, -0.2) is 0 Å². The van der Waals surface area contributed by atoms with E-state index in [-0.39, 0.29) is 22.8 Å². The number of halogens is 2. The summed E-state index contributed by atoms with van der Waals surface area (Å²) in [5, 5.41) is 4.39. The first-order chi connectivity index (χ1) is 19.8. The minimum atomic E-state index is -0.313. The van der Waals surface area contributed by atoms with Crippen molar-refractivity contribution in [3.63, 3.8) is 0 Å². The molecule has 1 atom stereocenters. The van der Waals surface area contributed by atoms with Crippen LogP contribution in [0, 0.1) is 0 Å². The quantitative estimate of drug-likeness (QED) is 0.304. The zero-order chi connectivity index (χ0) is 28.9. The molecule has 0 radical (unpaired) electrons. The monoisotopic (exact) mass is 591 g/mol. The van der Waals surface area contributed by atoms with E-state index in [2.05, 4.69) is 28.4 Å². The number of hydrogen-bond donors (Lipinski definition) is 1. The van der Waals surface area contributed by atoms with Crippen molar-refractivity contribution in [1.82, 2.24) is 15.1 Å². The molecule has 3 aromatic rings. The summed E-state index contributed by atoms with van der Waals surface area (Å²) in [6, 6.07) is 25.9. The highest BCUT2D eigenvalue weighted by molar-refractivity contribution is 6.42. The van der Waals surface area contributed by atoms with Crippen molar-refractivity contribution in [1.29, 1.82) is 0 Å². The molecule has 1 N–H and O–H groups in total. The van der Waals surface area contributed by atoms with Gasteiger partial charge in [-0.15, -0.1) is 0 Å². The van der Waals surface area contributed by atoms with E-state index in [1.807, 2.05) is 65.6 Å². The molecule has 0 saturated carbocycles. The molecule has 3 aromatic carbocycles. The van der Waals surface area contributed by atoms with Crippen LogP contribution in [0.25, 0.3) is 0 Å². The van der Waals surface area contributed by atoms with Gasteiger partial charge in [0.25, 0.3) is 5.91 Å². The van der Waals surface area contributed by atoms with Crippen molar-refractivity contribution >= 4 is 35.0 Å². The van der Waals surface area contributed by atoms with Crippen LogP contribution >= 0.6 is 23.2 Å². The highest BCUT2D eigenvalue weighted by atomic mass is 35.5. The van der Waals surface area contributed by atoms with Crippen molar-refractivity contribution in [2.75, 3.05) is 32.7 Å². The van der Waals surface area contributed by atoms with Crippen LogP contribution in [0.3, 0.4) is 0 Å². The lowest BCUT2D eigenvalue weighted by Gasteiger charge is -2.45. The molecule has 5 rings (SSSR count). The van der Waals surface area contributed by atoms with Crippen LogP contribution in [-0.4, -0.2) is 54.3 Å². The first kappa shape index (κ1) is 29.6. The fourth-order valence-corrected chi connectivity index (χ4v) is 7.16. The molecule has 2 fully saturated rings. The van der Waals surface area contributed by atoms with E-state index in [0.29, 0.717) is 16.6 Å². The molecule has 0 aromatic heterocycles. The molecule has 41 heavy (non-hydrogen) atoms. The maximum absolute atomic E-state index is 13.5. The highest BCUT2D eigenvalue weighted by Gasteiger charge is 2.40. The third-order valence-corrected chi connectivity index (χ3v) is 9.74. The van der Waals surface area contributed by atoms with Crippen molar-refractivity contribution in [3.05, 3.63) is 106 Å². The summed E-state index contributed by atoms with van der Waals surface area (Å²) in [6.07, 6.45) is 5.67. The lowest BCUT2D eigenvalue weighted by atomic mass is 9.70. The van der Waals surface area contributed by atoms with Crippen LogP contribution in [0.4, 0.5) is 0 Å². The molecular weight excluding hydrogens is 553 g/mol. The van der Waals surface area contributed by atoms with Crippen LogP contribution in [-0.2, 0) is 15.7 Å². The number of piperidine rings is 2. The number of amides is 2. The molecule has 2 amide bonds. The van der Waals surface area contributed by atoms with E-state index in [1.54, 1.807) is 6.92 Å². The van der Waals surface area contributed by atoms with Crippen molar-refractivity contribution in [3.8, 4) is 0 Å². The van der Waals surface area contributed by atoms with Gasteiger partial charge in [-0.2, -0.15) is 0 Å². The Hall–Kier alpha value is -2.86. The van der Waals surface area contributed by atoms with Gasteiger partial charge in [-0.3, -0.25) is 9.59 Å². The van der Waals surface area contributed by atoms with Crippen molar-refractivity contribution in [2.45, 2.75) is 56.4 Å². The predicted molar refractivity (Wildman–Crippen MR) is 167 cm³/mol. The van der Waals surface area contributed by atoms with Crippen LogP contribution in [0.1, 0.15) is 66.9 Å². The Morgan fingerprint density at radius 2 is 1.51 bits per heavy atom. The van der Waals surface area contributed by atoms with Gasteiger partial charge in [0.2, 0.25) is 5.91 Å². The molecule has 216 valence electrons. The zero-order valence-corrected chi connectivity index (χ0v) is 25.3. The Balaban J connectivity index is 1.29. The number of carbonyl (C=O) groups is 2. The second-order valence-electron chi connectivity index (χ2n) is 11.7. The van der Waals surface area contributed by atoms with E-state index >= 15 is 0 Å².